The zero-order chi connectivity index (χ0) is 8.15. The van der Waals surface area contributed by atoms with E-state index in [1.54, 1.807) is 14.0 Å². The molecule has 0 aliphatic carbocycles. The molecule has 0 amide bonds. The Kier molecular flexibility index (Phi) is 3.17. The van der Waals surface area contributed by atoms with Gasteiger partial charge in [0.2, 0.25) is 0 Å². The van der Waals surface area contributed by atoms with Gasteiger partial charge in [0.15, 0.2) is 5.70 Å². The molecule has 2 N–H and O–H groups in total. The third-order valence-corrected chi connectivity index (χ3v) is 1.09. The van der Waals surface area contributed by atoms with Crippen molar-refractivity contribution in [1.29, 1.82) is 0 Å². The van der Waals surface area contributed by atoms with Gasteiger partial charge < -0.3 is 10.4 Å². The van der Waals surface area contributed by atoms with Crippen molar-refractivity contribution < 1.29 is 9.90 Å². The first-order valence-electron chi connectivity index (χ1n) is 2.72. The molecule has 10 heavy (non-hydrogen) atoms. The third-order valence-electron chi connectivity index (χ3n) is 1.09. The highest BCUT2D eigenvalue weighted by molar-refractivity contribution is 5.87. The van der Waals surface area contributed by atoms with Gasteiger partial charge in [0.05, 0.1) is 0 Å². The number of nitrogens with zero attached hydrogens (tertiary/aromatic N) is 1. The van der Waals surface area contributed by atoms with E-state index in [-0.39, 0.29) is 5.70 Å². The summed E-state index contributed by atoms with van der Waals surface area (Å²) >= 11 is 0. The molecule has 0 bridgehead atoms. The molecule has 0 unspecified atom stereocenters. The summed E-state index contributed by atoms with van der Waals surface area (Å²) in [4.78, 5) is 13.6. The van der Waals surface area contributed by atoms with E-state index in [0.717, 1.165) is 0 Å². The molecule has 0 radical (unpaired) electrons. The fraction of sp³-hybridized carbons (Fsp3) is 0.333. The summed E-state index contributed by atoms with van der Waals surface area (Å²) in [5.41, 5.74) is 0.463. The van der Waals surface area contributed by atoms with Crippen LogP contribution in [0, 0.1) is 0 Å². The first-order valence-corrected chi connectivity index (χ1v) is 2.72. The van der Waals surface area contributed by atoms with Crippen LogP contribution in [0.4, 0.5) is 0 Å². The molecule has 4 heteroatoms. The van der Waals surface area contributed by atoms with Crippen LogP contribution in [0.25, 0.3) is 0 Å². The maximum atomic E-state index is 10.3. The number of carboxylic acid groups (broad SMARTS) is 1. The normalized spacial score (nSPS) is 11.8. The zero-order valence-electron chi connectivity index (χ0n) is 6.01. The van der Waals surface area contributed by atoms with Crippen molar-refractivity contribution in [2.45, 2.75) is 6.92 Å². The topological polar surface area (TPSA) is 61.7 Å². The van der Waals surface area contributed by atoms with Gasteiger partial charge in [0, 0.05) is 12.7 Å². The molecular weight excluding hydrogens is 132 g/mol. The van der Waals surface area contributed by atoms with Crippen LogP contribution in [0.5, 0.6) is 0 Å². The van der Waals surface area contributed by atoms with Gasteiger partial charge in [-0.05, 0) is 13.6 Å². The zero-order valence-corrected chi connectivity index (χ0v) is 6.01. The monoisotopic (exact) mass is 142 g/mol. The summed E-state index contributed by atoms with van der Waals surface area (Å²) in [6.45, 7) is 4.75. The molecule has 0 fully saturated rings. The van der Waals surface area contributed by atoms with E-state index in [4.69, 9.17) is 5.11 Å². The number of rotatable bonds is 3. The van der Waals surface area contributed by atoms with Crippen LogP contribution in [0.3, 0.4) is 0 Å². The standard InChI is InChI=1S/C6H10N2O2/c1-4(7-2)5(8-3)6(9)10/h7H,3H2,1-2H3,(H,9,10)/b5-4-. The summed E-state index contributed by atoms with van der Waals surface area (Å²) < 4.78 is 0. The van der Waals surface area contributed by atoms with E-state index >= 15 is 0 Å². The van der Waals surface area contributed by atoms with Crippen LogP contribution >= 0.6 is 0 Å². The molecular formula is C6H10N2O2. The van der Waals surface area contributed by atoms with E-state index in [1.165, 1.54) is 0 Å². The van der Waals surface area contributed by atoms with Crippen molar-refractivity contribution in [3.63, 3.8) is 0 Å². The Labute approximate surface area is 59.3 Å². The summed E-state index contributed by atoms with van der Waals surface area (Å²) in [5.74, 6) is -1.07. The summed E-state index contributed by atoms with van der Waals surface area (Å²) in [6, 6.07) is 0. The predicted octanol–water partition coefficient (Wildman–Crippen LogP) is 0.223. The highest BCUT2D eigenvalue weighted by atomic mass is 16.4. The van der Waals surface area contributed by atoms with Gasteiger partial charge in [-0.2, -0.15) is 0 Å². The Morgan fingerprint density at radius 3 is 2.30 bits per heavy atom. The van der Waals surface area contributed by atoms with Crippen LogP contribution in [0.15, 0.2) is 16.4 Å². The maximum Gasteiger partial charge on any atom is 0.356 e. The fourth-order valence-electron chi connectivity index (χ4n) is 0.465. The molecule has 4 nitrogen and oxygen atoms in total. The van der Waals surface area contributed by atoms with Crippen molar-refractivity contribution in [3.05, 3.63) is 11.4 Å². The van der Waals surface area contributed by atoms with Crippen molar-refractivity contribution in [2.75, 3.05) is 7.05 Å². The van der Waals surface area contributed by atoms with Gasteiger partial charge in [0.1, 0.15) is 0 Å². The summed E-state index contributed by atoms with van der Waals surface area (Å²) in [6.07, 6.45) is 0. The number of hydrogen-bond donors (Lipinski definition) is 2. The second-order valence-electron chi connectivity index (χ2n) is 1.69. The lowest BCUT2D eigenvalue weighted by atomic mass is 10.3. The Hall–Kier alpha value is -1.32. The average Bonchev–Trinajstić information content (AvgIpc) is 1.88. The highest BCUT2D eigenvalue weighted by Crippen LogP contribution is 2.00. The molecule has 0 atom stereocenters. The van der Waals surface area contributed by atoms with Gasteiger partial charge >= 0.3 is 5.97 Å². The number of carboxylic acids is 1. The van der Waals surface area contributed by atoms with Crippen molar-refractivity contribution in [3.8, 4) is 0 Å². The van der Waals surface area contributed by atoms with Gasteiger partial charge in [-0.1, -0.05) is 0 Å². The molecule has 0 aromatic carbocycles. The molecule has 0 aliphatic rings. The minimum atomic E-state index is -1.07. The van der Waals surface area contributed by atoms with Crippen LogP contribution < -0.4 is 5.32 Å². The number of allylic oxidation sites excluding steroid dienone is 1. The van der Waals surface area contributed by atoms with E-state index < -0.39 is 5.97 Å². The summed E-state index contributed by atoms with van der Waals surface area (Å²) in [5, 5.41) is 11.1. The van der Waals surface area contributed by atoms with Crippen LogP contribution in [-0.4, -0.2) is 24.8 Å². The number of carbonyl (C=O) groups is 1. The van der Waals surface area contributed by atoms with Crippen molar-refractivity contribution in [1.82, 2.24) is 5.32 Å². The second kappa shape index (κ2) is 3.66. The molecule has 0 spiro atoms. The lowest BCUT2D eigenvalue weighted by Crippen LogP contribution is -2.10. The first-order chi connectivity index (χ1) is 4.63. The molecule has 0 saturated heterocycles. The maximum absolute atomic E-state index is 10.3. The molecule has 0 aromatic heterocycles. The van der Waals surface area contributed by atoms with Crippen molar-refractivity contribution in [2.24, 2.45) is 4.99 Å². The minimum absolute atomic E-state index is 0.0394. The smallest absolute Gasteiger partial charge is 0.356 e. The molecule has 0 aromatic rings. The number of nitrogens with one attached hydrogen (secondary N) is 1. The van der Waals surface area contributed by atoms with Crippen LogP contribution in [-0.2, 0) is 4.79 Å². The molecule has 0 aliphatic heterocycles. The number of aliphatic carboxylic acids is 1. The largest absolute Gasteiger partial charge is 0.476 e. The van der Waals surface area contributed by atoms with E-state index in [1.807, 2.05) is 0 Å². The van der Waals surface area contributed by atoms with E-state index in [0.29, 0.717) is 5.70 Å². The number of aliphatic imine (C=N–C) groups is 1. The Balaban J connectivity index is 4.62. The summed E-state index contributed by atoms with van der Waals surface area (Å²) in [7, 11) is 1.63. The van der Waals surface area contributed by atoms with Gasteiger partial charge in [-0.3, -0.25) is 4.99 Å². The van der Waals surface area contributed by atoms with Gasteiger partial charge in [0.25, 0.3) is 0 Å². The van der Waals surface area contributed by atoms with Crippen LogP contribution in [0.1, 0.15) is 6.92 Å². The van der Waals surface area contributed by atoms with E-state index in [9.17, 15) is 4.79 Å². The lowest BCUT2D eigenvalue weighted by molar-refractivity contribution is -0.132. The molecule has 0 rings (SSSR count). The second-order valence-corrected chi connectivity index (χ2v) is 1.69. The first kappa shape index (κ1) is 8.68. The quantitative estimate of drug-likeness (QED) is 0.437. The van der Waals surface area contributed by atoms with Gasteiger partial charge in [-0.15, -0.1) is 0 Å². The van der Waals surface area contributed by atoms with Crippen LogP contribution in [0.2, 0.25) is 0 Å². The average molecular weight is 142 g/mol. The fourth-order valence-corrected chi connectivity index (χ4v) is 0.465. The number of hydrogen-bond acceptors (Lipinski definition) is 3. The molecule has 0 heterocycles. The van der Waals surface area contributed by atoms with Gasteiger partial charge in [-0.25, -0.2) is 4.79 Å². The SMILES string of the molecule is C=N/C(C(=O)O)=C(/C)NC. The third kappa shape index (κ3) is 1.89. The predicted molar refractivity (Wildman–Crippen MR) is 38.9 cm³/mol. The minimum Gasteiger partial charge on any atom is -0.476 e. The molecule has 56 valence electrons. The lowest BCUT2D eigenvalue weighted by Gasteiger charge is -2.00. The Morgan fingerprint density at radius 1 is 1.70 bits per heavy atom. The Bertz CT molecular complexity index is 184. The van der Waals surface area contributed by atoms with Crippen molar-refractivity contribution >= 4 is 12.7 Å². The highest BCUT2D eigenvalue weighted by Gasteiger charge is 2.06. The Morgan fingerprint density at radius 2 is 2.20 bits per heavy atom. The van der Waals surface area contributed by atoms with E-state index in [2.05, 4.69) is 17.0 Å². The molecule has 0 saturated carbocycles.